The van der Waals surface area contributed by atoms with E-state index in [-0.39, 0.29) is 11.9 Å². The molecule has 2 saturated heterocycles. The summed E-state index contributed by atoms with van der Waals surface area (Å²) in [5.74, 6) is 3.23. The van der Waals surface area contributed by atoms with E-state index in [1.165, 1.54) is 19.5 Å². The second-order valence-corrected chi connectivity index (χ2v) is 6.27. The molecular formula is C17H18N4O. The first-order chi connectivity index (χ1) is 10.7. The van der Waals surface area contributed by atoms with E-state index < -0.39 is 0 Å². The second-order valence-electron chi connectivity index (χ2n) is 6.27. The van der Waals surface area contributed by atoms with Crippen molar-refractivity contribution in [2.75, 3.05) is 19.6 Å². The van der Waals surface area contributed by atoms with Crippen LogP contribution in [0.3, 0.4) is 0 Å². The van der Waals surface area contributed by atoms with Crippen LogP contribution in [-0.2, 0) is 0 Å². The molecule has 112 valence electrons. The summed E-state index contributed by atoms with van der Waals surface area (Å²) in [6, 6.07) is 3.88. The zero-order chi connectivity index (χ0) is 15.1. The Morgan fingerprint density at radius 3 is 3.09 bits per heavy atom. The molecule has 0 spiro atoms. The minimum atomic E-state index is -0.0228. The summed E-state index contributed by atoms with van der Waals surface area (Å²) < 4.78 is 1.80. The Morgan fingerprint density at radius 2 is 2.27 bits per heavy atom. The molecule has 5 nitrogen and oxygen atoms in total. The third kappa shape index (κ3) is 2.36. The number of piperidine rings is 1. The summed E-state index contributed by atoms with van der Waals surface area (Å²) in [7, 11) is 0. The minimum Gasteiger partial charge on any atom is -0.348 e. The van der Waals surface area contributed by atoms with Crippen LogP contribution in [0, 0.1) is 18.3 Å². The zero-order valence-corrected chi connectivity index (χ0v) is 12.3. The van der Waals surface area contributed by atoms with Gasteiger partial charge in [-0.15, -0.1) is 6.42 Å². The highest BCUT2D eigenvalue weighted by molar-refractivity contribution is 5.94. The highest BCUT2D eigenvalue weighted by atomic mass is 16.1. The quantitative estimate of drug-likeness (QED) is 0.845. The number of amides is 1. The number of terminal acetylenes is 1. The van der Waals surface area contributed by atoms with Crippen LogP contribution in [-0.4, -0.2) is 45.9 Å². The fraction of sp³-hybridized carbons (Fsp3) is 0.412. The number of pyridine rings is 1. The predicted molar refractivity (Wildman–Crippen MR) is 83.5 cm³/mol. The third-order valence-electron chi connectivity index (χ3n) is 4.66. The highest BCUT2D eigenvalue weighted by Crippen LogP contribution is 2.26. The molecule has 4 rings (SSSR count). The van der Waals surface area contributed by atoms with Crippen molar-refractivity contribution >= 4 is 11.6 Å². The Bertz CT molecular complexity index is 761. The van der Waals surface area contributed by atoms with Crippen LogP contribution in [0.4, 0.5) is 0 Å². The van der Waals surface area contributed by atoms with Crippen molar-refractivity contribution in [2.45, 2.75) is 18.9 Å². The lowest BCUT2D eigenvalue weighted by Gasteiger charge is -2.30. The molecule has 5 heteroatoms. The number of fused-ring (bicyclic) bond motifs is 3. The minimum absolute atomic E-state index is 0.0228. The van der Waals surface area contributed by atoms with Crippen LogP contribution >= 0.6 is 0 Å². The fourth-order valence-electron chi connectivity index (χ4n) is 3.63. The number of aromatic nitrogens is 2. The maximum Gasteiger partial charge on any atom is 0.253 e. The van der Waals surface area contributed by atoms with Crippen molar-refractivity contribution in [3.8, 4) is 12.3 Å². The average Bonchev–Trinajstić information content (AvgIpc) is 3.09. The molecule has 0 aromatic carbocycles. The second kappa shape index (κ2) is 5.15. The van der Waals surface area contributed by atoms with Crippen LogP contribution < -0.4 is 5.32 Å². The maximum atomic E-state index is 12.5. The molecule has 2 fully saturated rings. The molecule has 1 amide bonds. The molecule has 2 aliphatic rings. The van der Waals surface area contributed by atoms with Gasteiger partial charge in [-0.25, -0.2) is 4.98 Å². The average molecular weight is 294 g/mol. The fourth-order valence-corrected chi connectivity index (χ4v) is 3.63. The van der Waals surface area contributed by atoms with Crippen molar-refractivity contribution in [3.63, 3.8) is 0 Å². The van der Waals surface area contributed by atoms with Gasteiger partial charge in [0.15, 0.2) is 0 Å². The van der Waals surface area contributed by atoms with E-state index in [1.54, 1.807) is 22.9 Å². The molecule has 1 N–H and O–H groups in total. The predicted octanol–water partition coefficient (Wildman–Crippen LogP) is 1.14. The summed E-state index contributed by atoms with van der Waals surface area (Å²) >= 11 is 0. The summed E-state index contributed by atoms with van der Waals surface area (Å²) in [5.41, 5.74) is 1.97. The largest absolute Gasteiger partial charge is 0.348 e. The van der Waals surface area contributed by atoms with Gasteiger partial charge in [-0.05, 0) is 43.4 Å². The highest BCUT2D eigenvalue weighted by Gasteiger charge is 2.32. The van der Waals surface area contributed by atoms with Crippen molar-refractivity contribution in [3.05, 3.63) is 35.8 Å². The number of imidazole rings is 1. The lowest BCUT2D eigenvalue weighted by atomic mass is 9.96. The van der Waals surface area contributed by atoms with E-state index in [4.69, 9.17) is 6.42 Å². The van der Waals surface area contributed by atoms with Gasteiger partial charge < -0.3 is 14.6 Å². The molecule has 2 bridgehead atoms. The number of carbonyl (C=O) groups is 1. The van der Waals surface area contributed by atoms with Gasteiger partial charge in [0.05, 0.1) is 5.56 Å². The smallest absolute Gasteiger partial charge is 0.253 e. The molecule has 22 heavy (non-hydrogen) atoms. The molecule has 2 aliphatic heterocycles. The number of rotatable bonds is 2. The molecule has 4 heterocycles. The first-order valence-corrected chi connectivity index (χ1v) is 7.70. The Hall–Kier alpha value is -2.32. The summed E-state index contributed by atoms with van der Waals surface area (Å²) in [5, 5.41) is 3.17. The van der Waals surface area contributed by atoms with Gasteiger partial charge in [0.2, 0.25) is 0 Å². The Balaban J connectivity index is 1.51. The zero-order valence-electron chi connectivity index (χ0n) is 12.3. The normalized spacial score (nSPS) is 26.8. The number of nitrogens with zero attached hydrogens (tertiary/aromatic N) is 3. The van der Waals surface area contributed by atoms with Crippen LogP contribution in [0.2, 0.25) is 0 Å². The molecular weight excluding hydrogens is 276 g/mol. The van der Waals surface area contributed by atoms with Gasteiger partial charge in [-0.2, -0.15) is 0 Å². The van der Waals surface area contributed by atoms with Crippen molar-refractivity contribution in [1.82, 2.24) is 19.6 Å². The van der Waals surface area contributed by atoms with Crippen LogP contribution in [0.25, 0.3) is 5.65 Å². The lowest BCUT2D eigenvalue weighted by molar-refractivity contribution is 0.0909. The van der Waals surface area contributed by atoms with Gasteiger partial charge in [0, 0.05) is 31.5 Å². The van der Waals surface area contributed by atoms with Crippen molar-refractivity contribution in [2.24, 2.45) is 5.92 Å². The summed E-state index contributed by atoms with van der Waals surface area (Å²) in [4.78, 5) is 19.2. The summed E-state index contributed by atoms with van der Waals surface area (Å²) in [6.07, 6.45) is 11.3. The first-order valence-electron chi connectivity index (χ1n) is 7.70. The molecule has 2 aromatic heterocycles. The van der Waals surface area contributed by atoms with Gasteiger partial charge in [0.1, 0.15) is 11.3 Å². The number of carbonyl (C=O) groups excluding carboxylic acids is 1. The van der Waals surface area contributed by atoms with E-state index in [1.807, 2.05) is 6.07 Å². The Kier molecular flexibility index (Phi) is 3.12. The number of hydrogen-bond donors (Lipinski definition) is 1. The molecule has 1 unspecified atom stereocenters. The van der Waals surface area contributed by atoms with E-state index >= 15 is 0 Å². The van der Waals surface area contributed by atoms with Crippen molar-refractivity contribution in [1.29, 1.82) is 0 Å². The lowest BCUT2D eigenvalue weighted by Crippen LogP contribution is -2.47. The van der Waals surface area contributed by atoms with Crippen LogP contribution in [0.15, 0.2) is 24.5 Å². The van der Waals surface area contributed by atoms with E-state index in [0.717, 1.165) is 24.5 Å². The van der Waals surface area contributed by atoms with Gasteiger partial charge in [0.25, 0.3) is 5.91 Å². The Morgan fingerprint density at radius 1 is 1.36 bits per heavy atom. The van der Waals surface area contributed by atoms with Gasteiger partial charge in [-0.3, -0.25) is 4.79 Å². The molecule has 0 aliphatic carbocycles. The topological polar surface area (TPSA) is 49.6 Å². The van der Waals surface area contributed by atoms with Gasteiger partial charge >= 0.3 is 0 Å². The number of hydrogen-bond acceptors (Lipinski definition) is 3. The van der Waals surface area contributed by atoms with E-state index in [0.29, 0.717) is 11.3 Å². The van der Waals surface area contributed by atoms with Crippen molar-refractivity contribution < 1.29 is 4.79 Å². The Labute approximate surface area is 129 Å². The van der Waals surface area contributed by atoms with Gasteiger partial charge in [-0.1, -0.05) is 0 Å². The molecule has 0 radical (unpaired) electrons. The van der Waals surface area contributed by atoms with Crippen LogP contribution in [0.1, 0.15) is 28.9 Å². The van der Waals surface area contributed by atoms with Crippen LogP contribution in [0.5, 0.6) is 0 Å². The molecule has 2 aromatic rings. The first kappa shape index (κ1) is 13.4. The number of nitrogens with one attached hydrogen (secondary N) is 1. The van der Waals surface area contributed by atoms with E-state index in [9.17, 15) is 4.79 Å². The maximum absolute atomic E-state index is 12.5. The monoisotopic (exact) mass is 294 g/mol. The molecule has 0 saturated carbocycles. The SMILES string of the molecule is C#Cc1cn2cc(C(=O)N[C@@H]3C[C@H]4CCN(C4)C3)ccc2n1. The van der Waals surface area contributed by atoms with E-state index in [2.05, 4.69) is 21.1 Å². The standard InChI is InChI=1S/C17H18N4O/c1-2-14-11-21-9-13(3-4-16(21)18-14)17(22)19-15-7-12-5-6-20(8-12)10-15/h1,3-4,9,11-12,15H,5-8,10H2,(H,19,22)/t12-,15-/m1/s1. The third-order valence-corrected chi connectivity index (χ3v) is 4.66. The summed E-state index contributed by atoms with van der Waals surface area (Å²) in [6.45, 7) is 3.34. The molecule has 3 atom stereocenters.